The second-order valence-corrected chi connectivity index (χ2v) is 6.53. The van der Waals surface area contributed by atoms with E-state index in [1.807, 2.05) is 0 Å². The number of ether oxygens (including phenoxy) is 1. The van der Waals surface area contributed by atoms with E-state index in [2.05, 4.69) is 10.3 Å². The molecule has 7 heteroatoms. The number of aromatic nitrogens is 1. The molecule has 1 N–H and O–H groups in total. The Hall–Kier alpha value is -3.48. The number of rotatable bonds is 5. The highest BCUT2D eigenvalue weighted by atomic mass is 19.1. The van der Waals surface area contributed by atoms with Gasteiger partial charge in [0.25, 0.3) is 11.8 Å². The molecule has 2 aromatic carbocycles. The number of carbonyl (C=O) groups is 2. The second kappa shape index (κ2) is 8.04. The van der Waals surface area contributed by atoms with E-state index >= 15 is 0 Å². The lowest BCUT2D eigenvalue weighted by Gasteiger charge is -2.12. The summed E-state index contributed by atoms with van der Waals surface area (Å²) in [4.78, 5) is 30.0. The molecule has 0 saturated carbocycles. The summed E-state index contributed by atoms with van der Waals surface area (Å²) >= 11 is 0. The van der Waals surface area contributed by atoms with Gasteiger partial charge < -0.3 is 15.0 Å². The lowest BCUT2D eigenvalue weighted by atomic mass is 10.1. The van der Waals surface area contributed by atoms with Crippen molar-refractivity contribution in [2.45, 2.75) is 6.92 Å². The van der Waals surface area contributed by atoms with E-state index in [4.69, 9.17) is 4.74 Å². The van der Waals surface area contributed by atoms with Gasteiger partial charge in [-0.1, -0.05) is 0 Å². The molecule has 0 atom stereocenters. The van der Waals surface area contributed by atoms with Crippen LogP contribution in [0.5, 0.6) is 5.75 Å². The van der Waals surface area contributed by atoms with Crippen LogP contribution in [0.4, 0.5) is 10.1 Å². The van der Waals surface area contributed by atoms with E-state index in [9.17, 15) is 14.0 Å². The maximum Gasteiger partial charge on any atom is 0.259 e. The molecule has 0 bridgehead atoms. The molecule has 1 aromatic heterocycles. The maximum atomic E-state index is 13.5. The summed E-state index contributed by atoms with van der Waals surface area (Å²) < 4.78 is 18.9. The largest absolute Gasteiger partial charge is 0.484 e. The van der Waals surface area contributed by atoms with Crippen LogP contribution in [-0.2, 0) is 4.79 Å². The van der Waals surface area contributed by atoms with Crippen LogP contribution in [0.1, 0.15) is 16.1 Å². The minimum Gasteiger partial charge on any atom is -0.484 e. The number of nitrogens with one attached hydrogen (secondary N) is 1. The highest BCUT2D eigenvalue weighted by Crippen LogP contribution is 2.22. The molecule has 6 nitrogen and oxygen atoms in total. The standard InChI is InChI=1S/C21H20FN3O3/c1-13-10-18(17-9-4-14(22)11-19(17)23-13)21(27)24-15-5-7-16(8-6-15)28-12-20(26)25(2)3/h4-11H,12H2,1-3H3,(H,24,27). The van der Waals surface area contributed by atoms with Crippen molar-refractivity contribution < 1.29 is 18.7 Å². The van der Waals surface area contributed by atoms with Crippen molar-refractivity contribution in [3.63, 3.8) is 0 Å². The van der Waals surface area contributed by atoms with E-state index in [0.717, 1.165) is 0 Å². The average molecular weight is 381 g/mol. The molecule has 3 aromatic rings. The van der Waals surface area contributed by atoms with Gasteiger partial charge in [-0.15, -0.1) is 0 Å². The Kier molecular flexibility index (Phi) is 5.54. The van der Waals surface area contributed by atoms with Gasteiger partial charge in [-0.25, -0.2) is 4.39 Å². The third-order valence-electron chi connectivity index (χ3n) is 4.12. The van der Waals surface area contributed by atoms with Crippen LogP contribution in [0, 0.1) is 12.7 Å². The predicted molar refractivity (Wildman–Crippen MR) is 105 cm³/mol. The van der Waals surface area contributed by atoms with Crippen molar-refractivity contribution in [2.24, 2.45) is 0 Å². The van der Waals surface area contributed by atoms with Gasteiger partial charge >= 0.3 is 0 Å². The van der Waals surface area contributed by atoms with Crippen LogP contribution in [0.15, 0.2) is 48.5 Å². The lowest BCUT2D eigenvalue weighted by molar-refractivity contribution is -0.130. The van der Waals surface area contributed by atoms with Crippen molar-refractivity contribution in [3.05, 3.63) is 65.6 Å². The number of nitrogens with zero attached hydrogens (tertiary/aromatic N) is 2. The van der Waals surface area contributed by atoms with Gasteiger partial charge in [-0.05, 0) is 49.4 Å². The number of pyridine rings is 1. The number of likely N-dealkylation sites (N-methyl/N-ethyl adjacent to an activating group) is 1. The van der Waals surface area contributed by atoms with Crippen molar-refractivity contribution in [1.29, 1.82) is 0 Å². The molecule has 0 spiro atoms. The SMILES string of the molecule is Cc1cc(C(=O)Nc2ccc(OCC(=O)N(C)C)cc2)c2ccc(F)cc2n1. The Morgan fingerprint density at radius 1 is 1.11 bits per heavy atom. The summed E-state index contributed by atoms with van der Waals surface area (Å²) in [6, 6.07) is 12.5. The van der Waals surface area contributed by atoms with Gasteiger partial charge in [0.15, 0.2) is 6.61 Å². The molecule has 0 aliphatic heterocycles. The summed E-state index contributed by atoms with van der Waals surface area (Å²) in [5.41, 5.74) is 2.04. The Bertz CT molecular complexity index is 1030. The number of hydrogen-bond acceptors (Lipinski definition) is 4. The number of benzene rings is 2. The summed E-state index contributed by atoms with van der Waals surface area (Å²) in [5.74, 6) is -0.346. The van der Waals surface area contributed by atoms with Gasteiger partial charge in [0, 0.05) is 36.9 Å². The number of halogens is 1. The first kappa shape index (κ1) is 19.3. The molecule has 0 fully saturated rings. The number of carbonyl (C=O) groups excluding carboxylic acids is 2. The van der Waals surface area contributed by atoms with Crippen LogP contribution in [0.3, 0.4) is 0 Å². The number of hydrogen-bond donors (Lipinski definition) is 1. The Labute approximate surface area is 161 Å². The molecule has 0 radical (unpaired) electrons. The molecule has 0 unspecified atom stereocenters. The molecule has 0 saturated heterocycles. The first-order valence-corrected chi connectivity index (χ1v) is 8.65. The van der Waals surface area contributed by atoms with Crippen LogP contribution in [0.2, 0.25) is 0 Å². The van der Waals surface area contributed by atoms with Crippen molar-refractivity contribution in [3.8, 4) is 5.75 Å². The Morgan fingerprint density at radius 3 is 2.50 bits per heavy atom. The highest BCUT2D eigenvalue weighted by Gasteiger charge is 2.13. The zero-order valence-electron chi connectivity index (χ0n) is 15.8. The summed E-state index contributed by atoms with van der Waals surface area (Å²) in [6.45, 7) is 1.69. The summed E-state index contributed by atoms with van der Waals surface area (Å²) in [6.07, 6.45) is 0. The first-order chi connectivity index (χ1) is 13.3. The van der Waals surface area contributed by atoms with Gasteiger partial charge in [0.2, 0.25) is 0 Å². The molecule has 3 rings (SSSR count). The van der Waals surface area contributed by atoms with E-state index < -0.39 is 5.82 Å². The summed E-state index contributed by atoms with van der Waals surface area (Å²) in [5, 5.41) is 3.39. The number of anilines is 1. The van der Waals surface area contributed by atoms with Crippen molar-refractivity contribution in [2.75, 3.05) is 26.0 Å². The fraction of sp³-hybridized carbons (Fsp3) is 0.190. The molecule has 144 valence electrons. The smallest absolute Gasteiger partial charge is 0.259 e. The monoisotopic (exact) mass is 381 g/mol. The van der Waals surface area contributed by atoms with Gasteiger partial charge in [-0.3, -0.25) is 14.6 Å². The molecule has 0 aliphatic carbocycles. The molecule has 2 amide bonds. The lowest BCUT2D eigenvalue weighted by Crippen LogP contribution is -2.27. The maximum absolute atomic E-state index is 13.5. The number of fused-ring (bicyclic) bond motifs is 1. The first-order valence-electron chi connectivity index (χ1n) is 8.65. The molecular weight excluding hydrogens is 361 g/mol. The topological polar surface area (TPSA) is 71.5 Å². The van der Waals surface area contributed by atoms with E-state index in [-0.39, 0.29) is 18.4 Å². The van der Waals surface area contributed by atoms with E-state index in [1.54, 1.807) is 57.4 Å². The van der Waals surface area contributed by atoms with Gasteiger partial charge in [0.05, 0.1) is 11.1 Å². The molecule has 1 heterocycles. The fourth-order valence-electron chi connectivity index (χ4n) is 2.63. The fourth-order valence-corrected chi connectivity index (χ4v) is 2.63. The second-order valence-electron chi connectivity index (χ2n) is 6.53. The normalized spacial score (nSPS) is 10.6. The Balaban J connectivity index is 1.75. The third-order valence-corrected chi connectivity index (χ3v) is 4.12. The van der Waals surface area contributed by atoms with Crippen LogP contribution < -0.4 is 10.1 Å². The third kappa shape index (κ3) is 4.43. The number of aryl methyl sites for hydroxylation is 1. The van der Waals surface area contributed by atoms with Crippen molar-refractivity contribution in [1.82, 2.24) is 9.88 Å². The molecule has 28 heavy (non-hydrogen) atoms. The van der Waals surface area contributed by atoms with E-state index in [1.165, 1.54) is 17.0 Å². The minimum absolute atomic E-state index is 0.0580. The minimum atomic E-state index is -0.403. The summed E-state index contributed by atoms with van der Waals surface area (Å²) in [7, 11) is 3.31. The number of amides is 2. The van der Waals surface area contributed by atoms with Gasteiger partial charge in [0.1, 0.15) is 11.6 Å². The van der Waals surface area contributed by atoms with E-state index in [0.29, 0.717) is 33.6 Å². The highest BCUT2D eigenvalue weighted by molar-refractivity contribution is 6.12. The molecule has 0 aliphatic rings. The molecular formula is C21H20FN3O3. The Morgan fingerprint density at radius 2 is 1.82 bits per heavy atom. The van der Waals surface area contributed by atoms with Crippen molar-refractivity contribution >= 4 is 28.4 Å². The average Bonchev–Trinajstić information content (AvgIpc) is 2.66. The van der Waals surface area contributed by atoms with Crippen LogP contribution >= 0.6 is 0 Å². The quantitative estimate of drug-likeness (QED) is 0.735. The zero-order chi connectivity index (χ0) is 20.3. The predicted octanol–water partition coefficient (Wildman–Crippen LogP) is 3.40. The van der Waals surface area contributed by atoms with Crippen LogP contribution in [0.25, 0.3) is 10.9 Å². The van der Waals surface area contributed by atoms with Gasteiger partial charge in [-0.2, -0.15) is 0 Å². The zero-order valence-corrected chi connectivity index (χ0v) is 15.8. The van der Waals surface area contributed by atoms with Crippen LogP contribution in [-0.4, -0.2) is 42.4 Å².